The second-order valence-corrected chi connectivity index (χ2v) is 5.21. The molecule has 19 heavy (non-hydrogen) atoms. The number of aliphatic imine (C=N–C) groups is 1. The molecule has 2 aromatic rings. The van der Waals surface area contributed by atoms with Crippen LogP contribution in [-0.2, 0) is 0 Å². The monoisotopic (exact) mass is 253 g/mol. The van der Waals surface area contributed by atoms with Gasteiger partial charge in [0.2, 0.25) is 0 Å². The molecule has 0 N–H and O–H groups in total. The zero-order valence-corrected chi connectivity index (χ0v) is 10.6. The van der Waals surface area contributed by atoms with Crippen molar-refractivity contribution < 1.29 is 0 Å². The summed E-state index contributed by atoms with van der Waals surface area (Å²) in [6.45, 7) is 0. The topological polar surface area (TPSA) is 55.4 Å². The quantitative estimate of drug-likeness (QED) is 0.782. The van der Waals surface area contributed by atoms with Gasteiger partial charge >= 0.3 is 0 Å². The Kier molecular flexibility index (Phi) is 2.43. The Morgan fingerprint density at radius 3 is 3.11 bits per heavy atom. The third-order valence-electron chi connectivity index (χ3n) is 4.13. The molecule has 0 aromatic carbocycles. The highest BCUT2D eigenvalue weighted by atomic mass is 15.3. The molecular formula is C14H15N5. The van der Waals surface area contributed by atoms with Gasteiger partial charge in [-0.3, -0.25) is 14.4 Å². The number of allylic oxidation sites excluding steroid dienone is 1. The first kappa shape index (κ1) is 10.8. The first-order chi connectivity index (χ1) is 9.43. The highest BCUT2D eigenvalue weighted by molar-refractivity contribution is 5.86. The molecule has 1 fully saturated rings. The number of aromatic nitrogens is 4. The molecule has 2 aliphatic rings. The largest absolute Gasteiger partial charge is 0.289 e. The second kappa shape index (κ2) is 4.26. The number of hydrogen-bond donors (Lipinski definition) is 0. The molecule has 4 rings (SSSR count). The summed E-state index contributed by atoms with van der Waals surface area (Å²) in [5.74, 6) is 1.44. The van der Waals surface area contributed by atoms with E-state index in [9.17, 15) is 0 Å². The van der Waals surface area contributed by atoms with E-state index in [1.807, 2.05) is 16.8 Å². The Morgan fingerprint density at radius 1 is 1.16 bits per heavy atom. The van der Waals surface area contributed by atoms with Gasteiger partial charge in [-0.25, -0.2) is 0 Å². The van der Waals surface area contributed by atoms with Crippen molar-refractivity contribution in [2.75, 3.05) is 0 Å². The first-order valence-corrected chi connectivity index (χ1v) is 6.82. The number of fused-ring (bicyclic) bond motifs is 2. The van der Waals surface area contributed by atoms with E-state index in [1.165, 1.54) is 31.3 Å². The first-order valence-electron chi connectivity index (χ1n) is 6.82. The molecular weight excluding hydrogens is 238 g/mol. The van der Waals surface area contributed by atoms with Crippen molar-refractivity contribution in [3.8, 4) is 0 Å². The van der Waals surface area contributed by atoms with E-state index in [-0.39, 0.29) is 0 Å². The van der Waals surface area contributed by atoms with Gasteiger partial charge in [0.05, 0.1) is 12.2 Å². The molecule has 1 saturated carbocycles. The lowest BCUT2D eigenvalue weighted by Crippen LogP contribution is -2.27. The minimum atomic E-state index is 0.433. The highest BCUT2D eigenvalue weighted by Crippen LogP contribution is 2.38. The zero-order valence-electron chi connectivity index (χ0n) is 10.6. The van der Waals surface area contributed by atoms with Crippen LogP contribution >= 0.6 is 0 Å². The van der Waals surface area contributed by atoms with Gasteiger partial charge in [-0.15, -0.1) is 10.2 Å². The Hall–Kier alpha value is -2.04. The molecule has 5 nitrogen and oxygen atoms in total. The number of dihydropyridines is 1. The second-order valence-electron chi connectivity index (χ2n) is 5.21. The van der Waals surface area contributed by atoms with Crippen LogP contribution < -0.4 is 0 Å². The Bertz CT molecular complexity index is 669. The molecule has 0 spiro atoms. The maximum atomic E-state index is 4.62. The average molecular weight is 253 g/mol. The van der Waals surface area contributed by atoms with Crippen LogP contribution in [0.1, 0.15) is 31.5 Å². The van der Waals surface area contributed by atoms with Crippen molar-refractivity contribution in [2.24, 2.45) is 10.9 Å². The zero-order chi connectivity index (χ0) is 12.7. The fourth-order valence-corrected chi connectivity index (χ4v) is 3.20. The summed E-state index contributed by atoms with van der Waals surface area (Å²) in [7, 11) is 0. The molecule has 96 valence electrons. The van der Waals surface area contributed by atoms with Crippen LogP contribution in [0.5, 0.6) is 0 Å². The standard InChI is InChI=1S/C14H15N5/c1-2-4-12-10(3-1)11(5-6-16-12)14-18-17-13-9-15-7-8-19(13)14/h5-10,12H,1-4H2. The van der Waals surface area contributed by atoms with Crippen molar-refractivity contribution in [1.29, 1.82) is 0 Å². The van der Waals surface area contributed by atoms with Crippen LogP contribution in [0.3, 0.4) is 0 Å². The predicted molar refractivity (Wildman–Crippen MR) is 73.0 cm³/mol. The fraction of sp³-hybridized carbons (Fsp3) is 0.429. The molecule has 1 aliphatic heterocycles. The lowest BCUT2D eigenvalue weighted by Gasteiger charge is -2.32. The molecule has 0 bridgehead atoms. The van der Waals surface area contributed by atoms with Crippen molar-refractivity contribution in [3.05, 3.63) is 30.5 Å². The van der Waals surface area contributed by atoms with Gasteiger partial charge in [0, 0.05) is 30.1 Å². The van der Waals surface area contributed by atoms with Gasteiger partial charge in [-0.2, -0.15) is 0 Å². The van der Waals surface area contributed by atoms with Crippen LogP contribution in [0, 0.1) is 5.92 Å². The van der Waals surface area contributed by atoms with E-state index in [0.29, 0.717) is 12.0 Å². The van der Waals surface area contributed by atoms with Gasteiger partial charge in [0.15, 0.2) is 11.5 Å². The maximum Gasteiger partial charge on any atom is 0.179 e. The minimum absolute atomic E-state index is 0.433. The van der Waals surface area contributed by atoms with Gasteiger partial charge in [-0.05, 0) is 18.9 Å². The van der Waals surface area contributed by atoms with E-state index in [1.54, 1.807) is 12.4 Å². The number of hydrogen-bond acceptors (Lipinski definition) is 4. The van der Waals surface area contributed by atoms with E-state index >= 15 is 0 Å². The van der Waals surface area contributed by atoms with Crippen LogP contribution in [0.2, 0.25) is 0 Å². The third-order valence-corrected chi connectivity index (χ3v) is 4.13. The van der Waals surface area contributed by atoms with Crippen LogP contribution in [-0.4, -0.2) is 31.8 Å². The molecule has 0 amide bonds. The smallest absolute Gasteiger partial charge is 0.179 e. The fourth-order valence-electron chi connectivity index (χ4n) is 3.20. The molecule has 3 heterocycles. The SMILES string of the molecule is C1=NC2CCCCC2C(c2nnc3cnccn23)=C1. The minimum Gasteiger partial charge on any atom is -0.289 e. The highest BCUT2D eigenvalue weighted by Gasteiger charge is 2.31. The Labute approximate surface area is 111 Å². The van der Waals surface area contributed by atoms with E-state index in [0.717, 1.165) is 11.5 Å². The number of rotatable bonds is 1. The predicted octanol–water partition coefficient (Wildman–Crippen LogP) is 2.15. The van der Waals surface area contributed by atoms with Gasteiger partial charge in [0.25, 0.3) is 0 Å². The van der Waals surface area contributed by atoms with Gasteiger partial charge < -0.3 is 0 Å². The summed E-state index contributed by atoms with van der Waals surface area (Å²) >= 11 is 0. The molecule has 1 aliphatic carbocycles. The summed E-state index contributed by atoms with van der Waals surface area (Å²) in [5, 5.41) is 8.55. The van der Waals surface area contributed by atoms with Crippen molar-refractivity contribution >= 4 is 17.4 Å². The van der Waals surface area contributed by atoms with Gasteiger partial charge in [-0.1, -0.05) is 12.8 Å². The Balaban J connectivity index is 1.82. The molecule has 2 unspecified atom stereocenters. The van der Waals surface area contributed by atoms with E-state index in [4.69, 9.17) is 0 Å². The summed E-state index contributed by atoms with van der Waals surface area (Å²) in [4.78, 5) is 8.70. The summed E-state index contributed by atoms with van der Waals surface area (Å²) < 4.78 is 2.02. The molecule has 0 radical (unpaired) electrons. The molecule has 0 saturated heterocycles. The summed E-state index contributed by atoms with van der Waals surface area (Å²) in [6.07, 6.45) is 14.4. The summed E-state index contributed by atoms with van der Waals surface area (Å²) in [5.41, 5.74) is 2.08. The van der Waals surface area contributed by atoms with Crippen LogP contribution in [0.4, 0.5) is 0 Å². The van der Waals surface area contributed by atoms with Crippen molar-refractivity contribution in [1.82, 2.24) is 19.6 Å². The molecule has 5 heteroatoms. The van der Waals surface area contributed by atoms with E-state index < -0.39 is 0 Å². The maximum absolute atomic E-state index is 4.62. The van der Waals surface area contributed by atoms with Gasteiger partial charge in [0.1, 0.15) is 0 Å². The lowest BCUT2D eigenvalue weighted by atomic mass is 9.78. The third kappa shape index (κ3) is 1.69. The van der Waals surface area contributed by atoms with E-state index in [2.05, 4.69) is 26.2 Å². The van der Waals surface area contributed by atoms with Crippen molar-refractivity contribution in [3.63, 3.8) is 0 Å². The van der Waals surface area contributed by atoms with Crippen molar-refractivity contribution in [2.45, 2.75) is 31.7 Å². The summed E-state index contributed by atoms with van der Waals surface area (Å²) in [6, 6.07) is 0.433. The number of nitrogens with zero attached hydrogens (tertiary/aromatic N) is 5. The molecule has 2 aromatic heterocycles. The van der Waals surface area contributed by atoms with Crippen LogP contribution in [0.25, 0.3) is 11.2 Å². The Morgan fingerprint density at radius 2 is 2.11 bits per heavy atom. The lowest BCUT2D eigenvalue weighted by molar-refractivity contribution is 0.370. The molecule has 2 atom stereocenters. The normalized spacial score (nSPS) is 26.2. The average Bonchev–Trinajstić information content (AvgIpc) is 2.90. The van der Waals surface area contributed by atoms with Crippen LogP contribution in [0.15, 0.2) is 29.7 Å².